The topological polar surface area (TPSA) is 98.2 Å². The fourth-order valence-electron chi connectivity index (χ4n) is 3.38. The summed E-state index contributed by atoms with van der Waals surface area (Å²) < 4.78 is 40.3. The summed E-state index contributed by atoms with van der Waals surface area (Å²) in [7, 11) is -3.72. The van der Waals surface area contributed by atoms with Crippen molar-refractivity contribution in [2.24, 2.45) is 0 Å². The molecule has 1 fully saturated rings. The van der Waals surface area contributed by atoms with Gasteiger partial charge in [-0.2, -0.15) is 4.31 Å². The molecule has 2 aromatic rings. The number of hydrogen-bond acceptors (Lipinski definition) is 6. The minimum Gasteiger partial charge on any atom is -0.486 e. The predicted octanol–water partition coefficient (Wildman–Crippen LogP) is 0.915. The van der Waals surface area contributed by atoms with Crippen LogP contribution in [0.5, 0.6) is 11.5 Å². The third-order valence-corrected chi connectivity index (χ3v) is 7.36. The molecule has 9 nitrogen and oxygen atoms in total. The lowest BCUT2D eigenvalue weighted by Crippen LogP contribution is -2.51. The zero-order valence-electron chi connectivity index (χ0n) is 16.0. The first-order valence-corrected chi connectivity index (χ1v) is 11.6. The lowest BCUT2D eigenvalue weighted by Gasteiger charge is -2.34. The highest BCUT2D eigenvalue weighted by Crippen LogP contribution is 2.33. The fourth-order valence-corrected chi connectivity index (χ4v) is 5.20. The zero-order valence-corrected chi connectivity index (χ0v) is 18.4. The largest absolute Gasteiger partial charge is 0.486 e. The van der Waals surface area contributed by atoms with Crippen LogP contribution < -0.4 is 15.0 Å². The Morgan fingerprint density at radius 1 is 1.00 bits per heavy atom. The van der Waals surface area contributed by atoms with Crippen molar-refractivity contribution in [3.8, 4) is 11.5 Å². The number of carbonyl (C=O) groups excluding carboxylic acids is 1. The summed E-state index contributed by atoms with van der Waals surface area (Å²) in [5.41, 5.74) is -0.272. The summed E-state index contributed by atoms with van der Waals surface area (Å²) in [6, 6.07) is 7.57. The smallest absolute Gasteiger partial charge is 0.251 e. The van der Waals surface area contributed by atoms with E-state index in [9.17, 15) is 18.0 Å². The summed E-state index contributed by atoms with van der Waals surface area (Å²) in [6.07, 6.45) is 1.56. The highest BCUT2D eigenvalue weighted by molar-refractivity contribution is 9.10. The molecule has 0 aliphatic carbocycles. The first-order valence-electron chi connectivity index (χ1n) is 9.38. The van der Waals surface area contributed by atoms with Gasteiger partial charge in [-0.05, 0) is 34.1 Å². The molecule has 0 unspecified atom stereocenters. The summed E-state index contributed by atoms with van der Waals surface area (Å²) in [6.45, 7) is 1.58. The summed E-state index contributed by atoms with van der Waals surface area (Å²) in [5.74, 6) is 0.709. The van der Waals surface area contributed by atoms with E-state index in [4.69, 9.17) is 9.47 Å². The molecule has 160 valence electrons. The van der Waals surface area contributed by atoms with Gasteiger partial charge >= 0.3 is 0 Å². The molecule has 1 saturated heterocycles. The van der Waals surface area contributed by atoms with Crippen molar-refractivity contribution in [3.05, 3.63) is 51.4 Å². The van der Waals surface area contributed by atoms with E-state index in [1.54, 1.807) is 23.2 Å². The summed E-state index contributed by atoms with van der Waals surface area (Å²) >= 11 is 3.28. The molecule has 2 aliphatic rings. The van der Waals surface area contributed by atoms with Gasteiger partial charge in [-0.3, -0.25) is 9.59 Å². The van der Waals surface area contributed by atoms with Gasteiger partial charge < -0.3 is 18.9 Å². The molecule has 0 bridgehead atoms. The average molecular weight is 498 g/mol. The van der Waals surface area contributed by atoms with E-state index in [0.717, 1.165) is 0 Å². The van der Waals surface area contributed by atoms with Gasteiger partial charge in [-0.1, -0.05) is 0 Å². The standard InChI is InChI=1S/C19H20BrN3O6S/c20-14-1-4-18(24)22(12-14)13-19(25)21-5-7-23(8-6-21)30(26,27)15-2-3-16-17(11-15)29-10-9-28-16/h1-4,11-12H,5-10,13H2. The molecule has 1 aromatic heterocycles. The lowest BCUT2D eigenvalue weighted by molar-refractivity contribution is -0.133. The van der Waals surface area contributed by atoms with Crippen LogP contribution in [-0.2, 0) is 21.4 Å². The number of carbonyl (C=O) groups is 1. The van der Waals surface area contributed by atoms with Crippen molar-refractivity contribution in [1.82, 2.24) is 13.8 Å². The van der Waals surface area contributed by atoms with Crippen LogP contribution in [0.1, 0.15) is 0 Å². The monoisotopic (exact) mass is 497 g/mol. The van der Waals surface area contributed by atoms with Crippen LogP contribution in [0.15, 0.2) is 50.7 Å². The zero-order chi connectivity index (χ0) is 21.3. The average Bonchev–Trinajstić information content (AvgIpc) is 2.76. The molecule has 0 N–H and O–H groups in total. The first kappa shape index (κ1) is 20.9. The van der Waals surface area contributed by atoms with Crippen molar-refractivity contribution in [2.75, 3.05) is 39.4 Å². The minimum atomic E-state index is -3.72. The van der Waals surface area contributed by atoms with E-state index in [1.165, 1.54) is 27.1 Å². The molecule has 4 rings (SSSR count). The van der Waals surface area contributed by atoms with Crippen molar-refractivity contribution >= 4 is 31.9 Å². The van der Waals surface area contributed by atoms with Crippen LogP contribution in [0.25, 0.3) is 0 Å². The molecular weight excluding hydrogens is 478 g/mol. The molecule has 30 heavy (non-hydrogen) atoms. The van der Waals surface area contributed by atoms with E-state index in [2.05, 4.69) is 15.9 Å². The van der Waals surface area contributed by atoms with Crippen molar-refractivity contribution in [2.45, 2.75) is 11.4 Å². The quantitative estimate of drug-likeness (QED) is 0.622. The number of nitrogens with zero attached hydrogens (tertiary/aromatic N) is 3. The molecule has 0 spiro atoms. The number of amides is 1. The van der Waals surface area contributed by atoms with E-state index >= 15 is 0 Å². The number of pyridine rings is 1. The number of sulfonamides is 1. The Labute approximate surface area is 182 Å². The van der Waals surface area contributed by atoms with Gasteiger partial charge in [0.1, 0.15) is 19.8 Å². The van der Waals surface area contributed by atoms with E-state index in [1.807, 2.05) is 0 Å². The van der Waals surface area contributed by atoms with Crippen LogP contribution >= 0.6 is 15.9 Å². The van der Waals surface area contributed by atoms with Gasteiger partial charge in [0.25, 0.3) is 5.56 Å². The fraction of sp³-hybridized carbons (Fsp3) is 0.368. The minimum absolute atomic E-state index is 0.0901. The van der Waals surface area contributed by atoms with Gasteiger partial charge in [-0.15, -0.1) is 0 Å². The number of hydrogen-bond donors (Lipinski definition) is 0. The molecule has 11 heteroatoms. The molecule has 0 radical (unpaired) electrons. The van der Waals surface area contributed by atoms with E-state index in [-0.39, 0.29) is 49.1 Å². The predicted molar refractivity (Wildman–Crippen MR) is 111 cm³/mol. The highest BCUT2D eigenvalue weighted by Gasteiger charge is 2.31. The van der Waals surface area contributed by atoms with E-state index in [0.29, 0.717) is 29.2 Å². The third-order valence-electron chi connectivity index (χ3n) is 5.00. The number of benzene rings is 1. The van der Waals surface area contributed by atoms with Crippen LogP contribution in [0.3, 0.4) is 0 Å². The Morgan fingerprint density at radius 3 is 2.43 bits per heavy atom. The third kappa shape index (κ3) is 4.23. The van der Waals surface area contributed by atoms with Crippen LogP contribution in [0.4, 0.5) is 0 Å². The van der Waals surface area contributed by atoms with Gasteiger partial charge in [-0.25, -0.2) is 8.42 Å². The molecule has 3 heterocycles. The second-order valence-corrected chi connectivity index (χ2v) is 9.76. The lowest BCUT2D eigenvalue weighted by atomic mass is 10.3. The summed E-state index contributed by atoms with van der Waals surface area (Å²) in [4.78, 5) is 26.2. The van der Waals surface area contributed by atoms with Gasteiger partial charge in [0, 0.05) is 49.0 Å². The van der Waals surface area contributed by atoms with Crippen molar-refractivity contribution in [3.63, 3.8) is 0 Å². The van der Waals surface area contributed by atoms with Gasteiger partial charge in [0.05, 0.1) is 4.90 Å². The molecule has 0 atom stereocenters. The second kappa shape index (κ2) is 8.40. The maximum atomic E-state index is 13.0. The van der Waals surface area contributed by atoms with Crippen LogP contribution in [0, 0.1) is 0 Å². The Kier molecular flexibility index (Phi) is 5.85. The van der Waals surface area contributed by atoms with Gasteiger partial charge in [0.2, 0.25) is 15.9 Å². The number of aromatic nitrogens is 1. The SMILES string of the molecule is O=C(Cn1cc(Br)ccc1=O)N1CCN(S(=O)(=O)c2ccc3c(c2)OCCO3)CC1. The Morgan fingerprint density at radius 2 is 1.70 bits per heavy atom. The number of piperazine rings is 1. The Balaban J connectivity index is 1.42. The van der Waals surface area contributed by atoms with Gasteiger partial charge in [0.15, 0.2) is 11.5 Å². The Bertz CT molecular complexity index is 1130. The molecule has 0 saturated carbocycles. The number of halogens is 1. The summed E-state index contributed by atoms with van der Waals surface area (Å²) in [5, 5.41) is 0. The number of fused-ring (bicyclic) bond motifs is 1. The molecule has 2 aliphatic heterocycles. The normalized spacial score (nSPS) is 17.0. The number of ether oxygens (including phenoxy) is 2. The van der Waals surface area contributed by atoms with Crippen molar-refractivity contribution in [1.29, 1.82) is 0 Å². The second-order valence-electron chi connectivity index (χ2n) is 6.90. The number of rotatable bonds is 4. The highest BCUT2D eigenvalue weighted by atomic mass is 79.9. The van der Waals surface area contributed by atoms with Crippen LogP contribution in [-0.4, -0.2) is 67.5 Å². The molecule has 1 aromatic carbocycles. The maximum absolute atomic E-state index is 13.0. The van der Waals surface area contributed by atoms with E-state index < -0.39 is 10.0 Å². The maximum Gasteiger partial charge on any atom is 0.251 e. The first-order chi connectivity index (χ1) is 14.3. The molecular formula is C19H20BrN3O6S. The van der Waals surface area contributed by atoms with Crippen LogP contribution in [0.2, 0.25) is 0 Å². The van der Waals surface area contributed by atoms with Crippen molar-refractivity contribution < 1.29 is 22.7 Å². The molecule has 1 amide bonds. The Hall–Kier alpha value is -2.37.